The van der Waals surface area contributed by atoms with Crippen LogP contribution in [0.15, 0.2) is 33.9 Å². The maximum Gasteiger partial charge on any atom is 0.346 e. The molecule has 0 aromatic carbocycles. The molecule has 118 valence electrons. The van der Waals surface area contributed by atoms with Crippen molar-refractivity contribution in [1.82, 2.24) is 19.3 Å². The molecule has 0 aliphatic heterocycles. The van der Waals surface area contributed by atoms with Gasteiger partial charge in [-0.15, -0.1) is 27.8 Å². The van der Waals surface area contributed by atoms with Crippen LogP contribution >= 0.6 is 22.7 Å². The van der Waals surface area contributed by atoms with Gasteiger partial charge in [-0.1, -0.05) is 6.07 Å². The zero-order chi connectivity index (χ0) is 15.8. The van der Waals surface area contributed by atoms with Gasteiger partial charge >= 0.3 is 5.69 Å². The van der Waals surface area contributed by atoms with Crippen LogP contribution in [0.5, 0.6) is 0 Å². The van der Waals surface area contributed by atoms with E-state index in [1.165, 1.54) is 27.4 Å². The van der Waals surface area contributed by atoms with Gasteiger partial charge in [0.1, 0.15) is 6.54 Å². The van der Waals surface area contributed by atoms with Gasteiger partial charge in [-0.25, -0.2) is 14.5 Å². The average Bonchev–Trinajstić information content (AvgIpc) is 2.95. The fraction of sp³-hybridized carbons (Fsp3) is 0.286. The van der Waals surface area contributed by atoms with Crippen LogP contribution in [-0.2, 0) is 11.3 Å². The molecule has 4 rings (SSSR count). The van der Waals surface area contributed by atoms with E-state index in [4.69, 9.17) is 0 Å². The van der Waals surface area contributed by atoms with Crippen molar-refractivity contribution in [1.29, 1.82) is 0 Å². The highest BCUT2D eigenvalue weighted by atomic mass is 32.1. The van der Waals surface area contributed by atoms with E-state index < -0.39 is 0 Å². The van der Waals surface area contributed by atoms with Crippen LogP contribution in [0.25, 0.3) is 10.7 Å². The number of hydrogen-bond donors (Lipinski definition) is 1. The summed E-state index contributed by atoms with van der Waals surface area (Å²) in [5.41, 5.74) is -0.231. The Hall–Kier alpha value is -2.26. The Labute approximate surface area is 139 Å². The van der Waals surface area contributed by atoms with Gasteiger partial charge in [0.25, 0.3) is 0 Å². The Bertz CT molecular complexity index is 875. The minimum absolute atomic E-state index is 0.115. The fourth-order valence-corrected chi connectivity index (χ4v) is 3.59. The first-order chi connectivity index (χ1) is 11.2. The third-order valence-electron chi connectivity index (χ3n) is 3.50. The van der Waals surface area contributed by atoms with Crippen molar-refractivity contribution in [2.75, 3.05) is 5.32 Å². The summed E-state index contributed by atoms with van der Waals surface area (Å²) in [6, 6.07) is 4.07. The second kappa shape index (κ2) is 5.74. The zero-order valence-corrected chi connectivity index (χ0v) is 13.6. The Morgan fingerprint density at radius 1 is 1.35 bits per heavy atom. The van der Waals surface area contributed by atoms with Gasteiger partial charge in [0, 0.05) is 17.6 Å². The first-order valence-electron chi connectivity index (χ1n) is 7.15. The Morgan fingerprint density at radius 2 is 2.22 bits per heavy atom. The maximum absolute atomic E-state index is 12.6. The number of nitrogens with zero attached hydrogens (tertiary/aromatic N) is 4. The summed E-state index contributed by atoms with van der Waals surface area (Å²) in [6.45, 7) is -0.115. The molecule has 0 saturated heterocycles. The van der Waals surface area contributed by atoms with E-state index in [2.05, 4.69) is 15.4 Å². The summed E-state index contributed by atoms with van der Waals surface area (Å²) in [4.78, 5) is 29.6. The van der Waals surface area contributed by atoms with Crippen LogP contribution in [-0.4, -0.2) is 25.2 Å². The number of aromatic nitrogens is 4. The van der Waals surface area contributed by atoms with E-state index in [-0.39, 0.29) is 24.2 Å². The van der Waals surface area contributed by atoms with E-state index in [9.17, 15) is 9.59 Å². The predicted octanol–water partition coefficient (Wildman–Crippen LogP) is 2.20. The molecule has 9 heteroatoms. The summed E-state index contributed by atoms with van der Waals surface area (Å²) in [5, 5.41) is 11.3. The number of amides is 1. The zero-order valence-electron chi connectivity index (χ0n) is 12.0. The molecule has 1 aliphatic carbocycles. The molecule has 0 atom stereocenters. The molecule has 1 saturated carbocycles. The van der Waals surface area contributed by atoms with Gasteiger partial charge in [-0.05, 0) is 24.3 Å². The lowest BCUT2D eigenvalue weighted by atomic mass is 10.4. The van der Waals surface area contributed by atoms with E-state index in [1.807, 2.05) is 17.5 Å². The molecule has 3 aromatic rings. The molecule has 23 heavy (non-hydrogen) atoms. The second-order valence-electron chi connectivity index (χ2n) is 5.23. The first-order valence-corrected chi connectivity index (χ1v) is 8.91. The molecule has 0 unspecified atom stereocenters. The van der Waals surface area contributed by atoms with E-state index >= 15 is 0 Å². The smallest absolute Gasteiger partial charge is 0.300 e. The van der Waals surface area contributed by atoms with Crippen molar-refractivity contribution in [2.45, 2.75) is 25.4 Å². The Balaban J connectivity index is 1.63. The molecular formula is C14H13N5O2S2. The van der Waals surface area contributed by atoms with Gasteiger partial charge in [0.15, 0.2) is 11.0 Å². The van der Waals surface area contributed by atoms with Crippen LogP contribution in [0.1, 0.15) is 18.9 Å². The van der Waals surface area contributed by atoms with Crippen LogP contribution in [0, 0.1) is 0 Å². The standard InChI is InChI=1S/C14H13N5O2S2/c20-11(16-13-15-5-7-23-13)8-18-14(21)19(9-3-4-9)12(17-18)10-2-1-6-22-10/h1-2,5-7,9H,3-4,8H2,(H,15,16,20). The highest BCUT2D eigenvalue weighted by Gasteiger charge is 2.31. The Kier molecular flexibility index (Phi) is 3.58. The molecule has 1 amide bonds. The van der Waals surface area contributed by atoms with Crippen LogP contribution < -0.4 is 11.0 Å². The van der Waals surface area contributed by atoms with E-state index in [0.29, 0.717) is 11.0 Å². The lowest BCUT2D eigenvalue weighted by molar-refractivity contribution is -0.117. The molecule has 3 aromatic heterocycles. The normalized spacial score (nSPS) is 14.1. The van der Waals surface area contributed by atoms with Crippen molar-refractivity contribution in [3.8, 4) is 10.7 Å². The first kappa shape index (κ1) is 14.3. The van der Waals surface area contributed by atoms with Crippen LogP contribution in [0.4, 0.5) is 5.13 Å². The second-order valence-corrected chi connectivity index (χ2v) is 7.07. The largest absolute Gasteiger partial charge is 0.346 e. The molecule has 0 bridgehead atoms. The fourth-order valence-electron chi connectivity index (χ4n) is 2.34. The average molecular weight is 347 g/mol. The minimum Gasteiger partial charge on any atom is -0.300 e. The quantitative estimate of drug-likeness (QED) is 0.767. The number of thiazole rings is 1. The topological polar surface area (TPSA) is 81.8 Å². The summed E-state index contributed by atoms with van der Waals surface area (Å²) >= 11 is 2.87. The van der Waals surface area contributed by atoms with Crippen molar-refractivity contribution in [3.05, 3.63) is 39.6 Å². The molecule has 7 nitrogen and oxygen atoms in total. The lowest BCUT2D eigenvalue weighted by Gasteiger charge is -2.00. The molecule has 1 N–H and O–H groups in total. The number of thiophene rings is 1. The van der Waals surface area contributed by atoms with Gasteiger partial charge < -0.3 is 5.32 Å². The third kappa shape index (κ3) is 2.84. The van der Waals surface area contributed by atoms with E-state index in [1.54, 1.807) is 16.1 Å². The van der Waals surface area contributed by atoms with Crippen molar-refractivity contribution in [3.63, 3.8) is 0 Å². The summed E-state index contributed by atoms with van der Waals surface area (Å²) in [5.74, 6) is 0.342. The van der Waals surface area contributed by atoms with Gasteiger partial charge in [-0.3, -0.25) is 9.36 Å². The summed E-state index contributed by atoms with van der Waals surface area (Å²) < 4.78 is 2.94. The molecule has 0 radical (unpaired) electrons. The molecule has 3 heterocycles. The van der Waals surface area contributed by atoms with Crippen LogP contribution in [0.2, 0.25) is 0 Å². The van der Waals surface area contributed by atoms with Crippen molar-refractivity contribution < 1.29 is 4.79 Å². The number of anilines is 1. The Morgan fingerprint density at radius 3 is 2.87 bits per heavy atom. The highest BCUT2D eigenvalue weighted by molar-refractivity contribution is 7.13. The van der Waals surface area contributed by atoms with Crippen LogP contribution in [0.3, 0.4) is 0 Å². The number of carbonyl (C=O) groups excluding carboxylic acids is 1. The third-order valence-corrected chi connectivity index (χ3v) is 5.05. The highest BCUT2D eigenvalue weighted by Crippen LogP contribution is 2.37. The number of rotatable bonds is 5. The number of carbonyl (C=O) groups is 1. The van der Waals surface area contributed by atoms with Gasteiger partial charge in [-0.2, -0.15) is 0 Å². The molecule has 1 fully saturated rings. The summed E-state index contributed by atoms with van der Waals surface area (Å²) in [6.07, 6.45) is 3.58. The van der Waals surface area contributed by atoms with Crippen molar-refractivity contribution >= 4 is 33.7 Å². The van der Waals surface area contributed by atoms with Gasteiger partial charge in [0.05, 0.1) is 4.88 Å². The monoisotopic (exact) mass is 347 g/mol. The lowest BCUT2D eigenvalue weighted by Crippen LogP contribution is -2.29. The molecular weight excluding hydrogens is 334 g/mol. The molecule has 1 aliphatic rings. The van der Waals surface area contributed by atoms with Crippen molar-refractivity contribution in [2.24, 2.45) is 0 Å². The van der Waals surface area contributed by atoms with Gasteiger partial charge in [0.2, 0.25) is 5.91 Å². The van der Waals surface area contributed by atoms with E-state index in [0.717, 1.165) is 17.7 Å². The number of nitrogens with one attached hydrogen (secondary N) is 1. The SMILES string of the molecule is O=C(Cn1nc(-c2cccs2)n(C2CC2)c1=O)Nc1nccs1. The predicted molar refractivity (Wildman–Crippen MR) is 88.8 cm³/mol. The number of hydrogen-bond acceptors (Lipinski definition) is 6. The molecule has 0 spiro atoms. The maximum atomic E-state index is 12.6. The summed E-state index contributed by atoms with van der Waals surface area (Å²) in [7, 11) is 0. The minimum atomic E-state index is -0.305.